The quantitative estimate of drug-likeness (QED) is 0.260. The molecular weight excluding hydrogens is 318 g/mol. The Morgan fingerprint density at radius 3 is 2.60 bits per heavy atom. The molecule has 2 rings (SSSR count). The largest absolute Gasteiger partial charge is 0.356 e. The maximum atomic E-state index is 11.0. The summed E-state index contributed by atoms with van der Waals surface area (Å²) in [5.41, 5.74) is 0.784. The number of guanidine groups is 1. The van der Waals surface area contributed by atoms with Gasteiger partial charge in [0.05, 0.1) is 4.92 Å². The number of nitrogens with zero attached hydrogens (tertiary/aromatic N) is 3. The maximum Gasteiger partial charge on any atom is 0.274 e. The number of nitro groups is 1. The number of hydrogen-bond acceptors (Lipinski definition) is 4. The molecule has 0 radical (unpaired) electrons. The molecule has 0 aliphatic carbocycles. The molecule has 7 nitrogen and oxygen atoms in total. The number of nitro benzene ring substituents is 1. The Hall–Kier alpha value is -2.15. The first kappa shape index (κ1) is 19.2. The molecule has 0 unspecified atom stereocenters. The van der Waals surface area contributed by atoms with Crippen molar-refractivity contribution >= 4 is 11.6 Å². The van der Waals surface area contributed by atoms with E-state index in [0.29, 0.717) is 18.1 Å². The van der Waals surface area contributed by atoms with E-state index in [0.717, 1.165) is 19.5 Å². The number of hydrogen-bond donors (Lipinski definition) is 2. The summed E-state index contributed by atoms with van der Waals surface area (Å²) in [6.45, 7) is 4.75. The zero-order valence-corrected chi connectivity index (χ0v) is 15.0. The van der Waals surface area contributed by atoms with Crippen molar-refractivity contribution in [3.8, 4) is 0 Å². The van der Waals surface area contributed by atoms with Gasteiger partial charge in [-0.3, -0.25) is 15.1 Å². The first-order valence-electron chi connectivity index (χ1n) is 9.10. The third kappa shape index (κ3) is 6.70. The van der Waals surface area contributed by atoms with E-state index in [1.54, 1.807) is 25.2 Å². The molecule has 1 aromatic rings. The highest BCUT2D eigenvalue weighted by atomic mass is 16.6. The predicted molar refractivity (Wildman–Crippen MR) is 101 cm³/mol. The van der Waals surface area contributed by atoms with Crippen molar-refractivity contribution in [1.82, 2.24) is 15.5 Å². The van der Waals surface area contributed by atoms with Gasteiger partial charge in [-0.2, -0.15) is 0 Å². The molecule has 1 aliphatic heterocycles. The Bertz CT molecular complexity index is 568. The van der Waals surface area contributed by atoms with Gasteiger partial charge in [-0.05, 0) is 38.9 Å². The molecule has 0 atom stereocenters. The second kappa shape index (κ2) is 10.7. The van der Waals surface area contributed by atoms with Crippen LogP contribution in [0.15, 0.2) is 29.3 Å². The van der Waals surface area contributed by atoms with E-state index >= 15 is 0 Å². The first-order valence-corrected chi connectivity index (χ1v) is 9.10. The molecule has 0 spiro atoms. The minimum Gasteiger partial charge on any atom is -0.356 e. The van der Waals surface area contributed by atoms with Crippen molar-refractivity contribution in [3.63, 3.8) is 0 Å². The van der Waals surface area contributed by atoms with Crippen LogP contribution >= 0.6 is 0 Å². The van der Waals surface area contributed by atoms with Crippen LogP contribution in [0.2, 0.25) is 0 Å². The fourth-order valence-electron chi connectivity index (χ4n) is 3.11. The monoisotopic (exact) mass is 347 g/mol. The third-order valence-corrected chi connectivity index (χ3v) is 4.50. The summed E-state index contributed by atoms with van der Waals surface area (Å²) in [6.07, 6.45) is 6.40. The maximum absolute atomic E-state index is 11.0. The molecule has 0 bridgehead atoms. The summed E-state index contributed by atoms with van der Waals surface area (Å²) >= 11 is 0. The number of rotatable bonds is 7. The summed E-state index contributed by atoms with van der Waals surface area (Å²) in [5, 5.41) is 17.5. The normalized spacial score (nSPS) is 16.3. The van der Waals surface area contributed by atoms with Crippen LogP contribution in [-0.4, -0.2) is 49.0 Å². The lowest BCUT2D eigenvalue weighted by molar-refractivity contribution is -0.385. The second-order valence-electron chi connectivity index (χ2n) is 6.35. The van der Waals surface area contributed by atoms with Gasteiger partial charge in [0.25, 0.3) is 5.69 Å². The van der Waals surface area contributed by atoms with Crippen LogP contribution in [-0.2, 0) is 6.54 Å². The highest BCUT2D eigenvalue weighted by molar-refractivity contribution is 5.79. The lowest BCUT2D eigenvalue weighted by Gasteiger charge is -2.20. The van der Waals surface area contributed by atoms with Crippen LogP contribution in [0.1, 0.15) is 37.7 Å². The van der Waals surface area contributed by atoms with Crippen LogP contribution in [0, 0.1) is 10.1 Å². The van der Waals surface area contributed by atoms with Gasteiger partial charge in [-0.15, -0.1) is 0 Å². The van der Waals surface area contributed by atoms with Crippen LogP contribution in [0.25, 0.3) is 0 Å². The molecule has 0 amide bonds. The van der Waals surface area contributed by atoms with Gasteiger partial charge in [0.2, 0.25) is 0 Å². The van der Waals surface area contributed by atoms with Gasteiger partial charge in [0, 0.05) is 31.8 Å². The van der Waals surface area contributed by atoms with Gasteiger partial charge in [-0.25, -0.2) is 0 Å². The van der Waals surface area contributed by atoms with Crippen LogP contribution < -0.4 is 10.6 Å². The molecule has 1 fully saturated rings. The Morgan fingerprint density at radius 2 is 1.92 bits per heavy atom. The summed E-state index contributed by atoms with van der Waals surface area (Å²) in [5.74, 6) is 0.675. The lowest BCUT2D eigenvalue weighted by atomic mass is 10.2. The summed E-state index contributed by atoms with van der Waals surface area (Å²) in [6, 6.07) is 6.77. The molecule has 0 aromatic heterocycles. The van der Waals surface area contributed by atoms with Crippen molar-refractivity contribution in [3.05, 3.63) is 39.9 Å². The minimum atomic E-state index is -0.353. The standard InChI is InChI=1S/C18H29N5O2/c1-19-18(20-11-8-14-22-12-6-2-3-7-13-22)21-15-16-9-4-5-10-17(16)23(24)25/h4-5,9-10H,2-3,6-8,11-15H2,1H3,(H2,19,20,21). The van der Waals surface area contributed by atoms with E-state index < -0.39 is 0 Å². The Morgan fingerprint density at radius 1 is 1.20 bits per heavy atom. The predicted octanol–water partition coefficient (Wildman–Crippen LogP) is 2.53. The molecule has 2 N–H and O–H groups in total. The van der Waals surface area contributed by atoms with Crippen LogP contribution in [0.4, 0.5) is 5.69 Å². The van der Waals surface area contributed by atoms with E-state index in [1.807, 2.05) is 0 Å². The van der Waals surface area contributed by atoms with Crippen LogP contribution in [0.5, 0.6) is 0 Å². The SMILES string of the molecule is CN=C(NCCCN1CCCCCC1)NCc1ccccc1[N+](=O)[O-]. The molecule has 138 valence electrons. The second-order valence-corrected chi connectivity index (χ2v) is 6.35. The zero-order valence-electron chi connectivity index (χ0n) is 15.0. The van der Waals surface area contributed by atoms with Gasteiger partial charge >= 0.3 is 0 Å². The van der Waals surface area contributed by atoms with Gasteiger partial charge in [-0.1, -0.05) is 31.0 Å². The number of nitrogens with one attached hydrogen (secondary N) is 2. The molecule has 7 heteroatoms. The number of aliphatic imine (C=N–C) groups is 1. The zero-order chi connectivity index (χ0) is 17.9. The molecule has 0 saturated carbocycles. The average Bonchev–Trinajstić information content (AvgIpc) is 2.90. The van der Waals surface area contributed by atoms with Crippen molar-refractivity contribution in [2.24, 2.45) is 4.99 Å². The van der Waals surface area contributed by atoms with E-state index in [4.69, 9.17) is 0 Å². The summed E-state index contributed by atoms with van der Waals surface area (Å²) in [7, 11) is 1.71. The molecule has 1 aromatic carbocycles. The molecular formula is C18H29N5O2. The van der Waals surface area contributed by atoms with E-state index in [9.17, 15) is 10.1 Å². The highest BCUT2D eigenvalue weighted by Crippen LogP contribution is 2.17. The fraction of sp³-hybridized carbons (Fsp3) is 0.611. The Balaban J connectivity index is 1.71. The van der Waals surface area contributed by atoms with E-state index in [2.05, 4.69) is 20.5 Å². The Labute approximate surface area is 149 Å². The topological polar surface area (TPSA) is 82.8 Å². The van der Waals surface area contributed by atoms with E-state index in [-0.39, 0.29) is 10.6 Å². The van der Waals surface area contributed by atoms with Crippen LogP contribution in [0.3, 0.4) is 0 Å². The average molecular weight is 347 g/mol. The summed E-state index contributed by atoms with van der Waals surface area (Å²) in [4.78, 5) is 17.4. The molecule has 25 heavy (non-hydrogen) atoms. The molecule has 1 aliphatic rings. The number of likely N-dealkylation sites (tertiary alicyclic amines) is 1. The minimum absolute atomic E-state index is 0.131. The van der Waals surface area contributed by atoms with Gasteiger partial charge < -0.3 is 15.5 Å². The van der Waals surface area contributed by atoms with Crippen molar-refractivity contribution < 1.29 is 4.92 Å². The van der Waals surface area contributed by atoms with Crippen molar-refractivity contribution in [2.45, 2.75) is 38.6 Å². The van der Waals surface area contributed by atoms with Gasteiger partial charge in [0.1, 0.15) is 0 Å². The number of para-hydroxylation sites is 1. The summed E-state index contributed by atoms with van der Waals surface area (Å²) < 4.78 is 0. The van der Waals surface area contributed by atoms with E-state index in [1.165, 1.54) is 44.8 Å². The van der Waals surface area contributed by atoms with Crippen molar-refractivity contribution in [1.29, 1.82) is 0 Å². The number of benzene rings is 1. The van der Waals surface area contributed by atoms with Gasteiger partial charge in [0.15, 0.2) is 5.96 Å². The highest BCUT2D eigenvalue weighted by Gasteiger charge is 2.12. The smallest absolute Gasteiger partial charge is 0.274 e. The Kier molecular flexibility index (Phi) is 8.18. The van der Waals surface area contributed by atoms with Crippen molar-refractivity contribution in [2.75, 3.05) is 33.2 Å². The fourth-order valence-corrected chi connectivity index (χ4v) is 3.11. The lowest BCUT2D eigenvalue weighted by Crippen LogP contribution is -2.38. The molecule has 1 saturated heterocycles. The molecule has 1 heterocycles. The third-order valence-electron chi connectivity index (χ3n) is 4.50. The first-order chi connectivity index (χ1) is 12.2.